The third-order valence-corrected chi connectivity index (χ3v) is 7.73. The summed E-state index contributed by atoms with van der Waals surface area (Å²) in [5.74, 6) is 0.493. The van der Waals surface area contributed by atoms with Gasteiger partial charge in [-0.1, -0.05) is 20.8 Å². The minimum atomic E-state index is -0.470. The van der Waals surface area contributed by atoms with Crippen LogP contribution in [0.3, 0.4) is 0 Å². The summed E-state index contributed by atoms with van der Waals surface area (Å²) in [4.78, 5) is 26.4. The van der Waals surface area contributed by atoms with Crippen molar-refractivity contribution in [3.8, 4) is 0 Å². The Morgan fingerprint density at radius 2 is 1.81 bits per heavy atom. The van der Waals surface area contributed by atoms with Gasteiger partial charge in [0, 0.05) is 32.0 Å². The molecule has 0 radical (unpaired) electrons. The second kappa shape index (κ2) is 7.49. The quantitative estimate of drug-likeness (QED) is 0.809. The predicted octanol–water partition coefficient (Wildman–Crippen LogP) is 2.57. The van der Waals surface area contributed by atoms with Crippen LogP contribution in [-0.4, -0.2) is 47.1 Å². The highest BCUT2D eigenvalue weighted by molar-refractivity contribution is 5.79. The highest BCUT2D eigenvalue weighted by atomic mass is 16.3. The summed E-state index contributed by atoms with van der Waals surface area (Å²) in [6, 6.07) is 0.128. The molecule has 2 N–H and O–H groups in total. The number of amides is 2. The smallest absolute Gasteiger partial charge is 0.225 e. The summed E-state index contributed by atoms with van der Waals surface area (Å²) in [6.07, 6.45) is 5.73. The van der Waals surface area contributed by atoms with Crippen LogP contribution < -0.4 is 5.32 Å². The van der Waals surface area contributed by atoms with E-state index in [2.05, 4.69) is 19.2 Å². The van der Waals surface area contributed by atoms with Gasteiger partial charge in [-0.05, 0) is 61.7 Å². The first-order chi connectivity index (χ1) is 12.2. The lowest BCUT2D eigenvalue weighted by atomic mass is 9.51. The van der Waals surface area contributed by atoms with Crippen LogP contribution in [0.2, 0.25) is 0 Å². The molecule has 1 aliphatic heterocycles. The van der Waals surface area contributed by atoms with Gasteiger partial charge in [-0.2, -0.15) is 0 Å². The zero-order valence-electron chi connectivity index (χ0n) is 16.8. The zero-order chi connectivity index (χ0) is 19.1. The average Bonchev–Trinajstić information content (AvgIpc) is 3.11. The summed E-state index contributed by atoms with van der Waals surface area (Å²) >= 11 is 0. The molecular weight excluding hydrogens is 328 g/mol. The Balaban J connectivity index is 1.75. The third-order valence-electron chi connectivity index (χ3n) is 7.73. The molecule has 0 aromatic carbocycles. The zero-order valence-corrected chi connectivity index (χ0v) is 16.8. The molecule has 0 spiro atoms. The van der Waals surface area contributed by atoms with Crippen molar-refractivity contribution in [3.05, 3.63) is 0 Å². The normalized spacial score (nSPS) is 41.4. The van der Waals surface area contributed by atoms with E-state index >= 15 is 0 Å². The van der Waals surface area contributed by atoms with Crippen molar-refractivity contribution in [2.24, 2.45) is 29.1 Å². The highest BCUT2D eigenvalue weighted by Crippen LogP contribution is 2.55. The Kier molecular flexibility index (Phi) is 5.66. The lowest BCUT2D eigenvalue weighted by molar-refractivity contribution is -0.150. The molecule has 0 bridgehead atoms. The van der Waals surface area contributed by atoms with Gasteiger partial charge in [0.25, 0.3) is 0 Å². The number of fused-ring (bicyclic) bond motifs is 1. The molecule has 26 heavy (non-hydrogen) atoms. The molecule has 1 heterocycles. The van der Waals surface area contributed by atoms with E-state index in [9.17, 15) is 14.7 Å². The largest absolute Gasteiger partial charge is 0.392 e. The number of carbonyl (C=O) groups excluding carboxylic acids is 2. The number of aliphatic hydroxyl groups is 1. The summed E-state index contributed by atoms with van der Waals surface area (Å²) < 4.78 is 0. The molecule has 3 aliphatic rings. The lowest BCUT2D eigenvalue weighted by Gasteiger charge is -2.56. The SMILES string of the molecule is CC(=O)NC1CCC2(C)CCC(C(C)C(=O)N3CCCC3)C(O)C2C1C. The molecule has 2 amide bonds. The molecule has 2 saturated carbocycles. The van der Waals surface area contributed by atoms with E-state index in [1.807, 2.05) is 11.8 Å². The maximum atomic E-state index is 12.9. The van der Waals surface area contributed by atoms with Gasteiger partial charge < -0.3 is 15.3 Å². The van der Waals surface area contributed by atoms with E-state index < -0.39 is 6.10 Å². The van der Waals surface area contributed by atoms with Crippen LogP contribution in [0.5, 0.6) is 0 Å². The third kappa shape index (κ3) is 3.51. The van der Waals surface area contributed by atoms with Crippen molar-refractivity contribution >= 4 is 11.8 Å². The number of hydrogen-bond donors (Lipinski definition) is 2. The molecule has 5 nitrogen and oxygen atoms in total. The first kappa shape index (κ1) is 19.7. The molecule has 0 aromatic rings. The molecule has 3 rings (SSSR count). The maximum Gasteiger partial charge on any atom is 0.225 e. The van der Waals surface area contributed by atoms with E-state index in [1.54, 1.807) is 6.92 Å². The van der Waals surface area contributed by atoms with Crippen molar-refractivity contribution in [1.29, 1.82) is 0 Å². The molecule has 1 saturated heterocycles. The Morgan fingerprint density at radius 1 is 1.19 bits per heavy atom. The van der Waals surface area contributed by atoms with Gasteiger partial charge >= 0.3 is 0 Å². The van der Waals surface area contributed by atoms with E-state index in [0.29, 0.717) is 0 Å². The van der Waals surface area contributed by atoms with E-state index in [1.165, 1.54) is 0 Å². The topological polar surface area (TPSA) is 69.6 Å². The highest BCUT2D eigenvalue weighted by Gasteiger charge is 2.54. The minimum absolute atomic E-state index is 0.00452. The lowest BCUT2D eigenvalue weighted by Crippen LogP contribution is -2.58. The number of nitrogens with zero attached hydrogens (tertiary/aromatic N) is 1. The van der Waals surface area contributed by atoms with Crippen LogP contribution in [0.25, 0.3) is 0 Å². The van der Waals surface area contributed by atoms with Crippen molar-refractivity contribution in [1.82, 2.24) is 10.2 Å². The predicted molar refractivity (Wildman–Crippen MR) is 101 cm³/mol. The number of carbonyl (C=O) groups is 2. The van der Waals surface area contributed by atoms with E-state index in [-0.39, 0.29) is 46.9 Å². The average molecular weight is 365 g/mol. The molecule has 3 fully saturated rings. The summed E-state index contributed by atoms with van der Waals surface area (Å²) in [5, 5.41) is 14.4. The van der Waals surface area contributed by atoms with Crippen molar-refractivity contribution in [2.45, 2.75) is 78.4 Å². The van der Waals surface area contributed by atoms with Gasteiger partial charge in [-0.25, -0.2) is 0 Å². The van der Waals surface area contributed by atoms with Crippen LogP contribution in [0, 0.1) is 29.1 Å². The molecular formula is C21H36N2O3. The molecule has 7 atom stereocenters. The van der Waals surface area contributed by atoms with Gasteiger partial charge in [-0.15, -0.1) is 0 Å². The molecule has 7 unspecified atom stereocenters. The molecule has 5 heteroatoms. The Hall–Kier alpha value is -1.10. The molecule has 2 aliphatic carbocycles. The monoisotopic (exact) mass is 364 g/mol. The second-order valence-corrected chi connectivity index (χ2v) is 9.40. The Morgan fingerprint density at radius 3 is 2.42 bits per heavy atom. The number of aliphatic hydroxyl groups excluding tert-OH is 1. The van der Waals surface area contributed by atoms with Gasteiger partial charge in [0.2, 0.25) is 11.8 Å². The van der Waals surface area contributed by atoms with Crippen LogP contribution in [-0.2, 0) is 9.59 Å². The summed E-state index contributed by atoms with van der Waals surface area (Å²) in [7, 11) is 0. The number of hydrogen-bond acceptors (Lipinski definition) is 3. The molecule has 148 valence electrons. The van der Waals surface area contributed by atoms with Gasteiger partial charge in [0.05, 0.1) is 6.10 Å². The van der Waals surface area contributed by atoms with Crippen LogP contribution in [0.15, 0.2) is 0 Å². The fourth-order valence-corrected chi connectivity index (χ4v) is 6.17. The standard InChI is InChI=1S/C21H36N2O3/c1-13(20(26)23-11-5-6-12-23)16-7-9-21(4)10-8-17(22-15(3)24)14(2)18(21)19(16)25/h13-14,16-19,25H,5-12H2,1-4H3,(H,22,24). The van der Waals surface area contributed by atoms with Crippen LogP contribution in [0.1, 0.15) is 66.2 Å². The first-order valence-corrected chi connectivity index (χ1v) is 10.5. The minimum Gasteiger partial charge on any atom is -0.392 e. The van der Waals surface area contributed by atoms with Crippen LogP contribution >= 0.6 is 0 Å². The molecule has 0 aromatic heterocycles. The summed E-state index contributed by atoms with van der Waals surface area (Å²) in [5.41, 5.74) is 0.112. The first-order valence-electron chi connectivity index (χ1n) is 10.5. The number of rotatable bonds is 3. The van der Waals surface area contributed by atoms with Gasteiger partial charge in [0.1, 0.15) is 0 Å². The number of likely N-dealkylation sites (tertiary alicyclic amines) is 1. The summed E-state index contributed by atoms with van der Waals surface area (Å²) in [6.45, 7) is 9.78. The van der Waals surface area contributed by atoms with Gasteiger partial charge in [-0.3, -0.25) is 9.59 Å². The second-order valence-electron chi connectivity index (χ2n) is 9.40. The van der Waals surface area contributed by atoms with Crippen molar-refractivity contribution in [2.75, 3.05) is 13.1 Å². The Bertz CT molecular complexity index is 545. The van der Waals surface area contributed by atoms with Crippen molar-refractivity contribution < 1.29 is 14.7 Å². The van der Waals surface area contributed by atoms with E-state index in [4.69, 9.17) is 0 Å². The van der Waals surface area contributed by atoms with E-state index in [0.717, 1.165) is 51.6 Å². The van der Waals surface area contributed by atoms with Crippen molar-refractivity contribution in [3.63, 3.8) is 0 Å². The number of nitrogens with one attached hydrogen (secondary N) is 1. The fourth-order valence-electron chi connectivity index (χ4n) is 6.17. The maximum absolute atomic E-state index is 12.9. The van der Waals surface area contributed by atoms with Gasteiger partial charge in [0.15, 0.2) is 0 Å². The fraction of sp³-hybridized carbons (Fsp3) is 0.905. The van der Waals surface area contributed by atoms with Crippen LogP contribution in [0.4, 0.5) is 0 Å². The Labute approximate surface area is 157 Å².